The number of hydrogen-bond donors (Lipinski definition) is 0. The van der Waals surface area contributed by atoms with Crippen molar-refractivity contribution in [3.8, 4) is 0 Å². The third-order valence-electron chi connectivity index (χ3n) is 0. The van der Waals surface area contributed by atoms with E-state index in [0.717, 1.165) is 0 Å². The molecule has 0 rings (SSSR count). The van der Waals surface area contributed by atoms with Crippen LogP contribution in [0.25, 0.3) is 0 Å². The van der Waals surface area contributed by atoms with E-state index in [1.165, 1.54) is 0 Å². The molecule has 0 heterocycles. The molecule has 0 aromatic rings. The molecule has 0 N–H and O–H groups in total. The summed E-state index contributed by atoms with van der Waals surface area (Å²) in [5, 5.41) is 12.5. The van der Waals surface area contributed by atoms with Crippen LogP contribution >= 0.6 is 0 Å². The van der Waals surface area contributed by atoms with Gasteiger partial charge in [0.05, 0.1) is 0 Å². The van der Waals surface area contributed by atoms with Crippen LogP contribution in [0.4, 0.5) is 0 Å². The van der Waals surface area contributed by atoms with E-state index >= 15 is 0 Å². The summed E-state index contributed by atoms with van der Waals surface area (Å²) in [6.45, 7) is 9.50. The maximum atomic E-state index is 6.25. The predicted molar refractivity (Wildman–Crippen MR) is 9.94 cm³/mol. The molecule has 0 aliphatic carbocycles. The van der Waals surface area contributed by atoms with Crippen LogP contribution in [-0.4, -0.2) is 0 Å². The molecule has 0 saturated heterocycles. The molecule has 6 heavy (non-hydrogen) atoms. The first-order valence-electron chi connectivity index (χ1n) is 0.447. The van der Waals surface area contributed by atoms with Crippen molar-refractivity contribution in [2.75, 3.05) is 0 Å². The minimum atomic E-state index is 0. The van der Waals surface area contributed by atoms with Gasteiger partial charge >= 0.3 is 51.9 Å². The quantitative estimate of drug-likeness (QED) is 0.353. The normalized spacial score (nSPS) is 0.667. The summed E-state index contributed by atoms with van der Waals surface area (Å²) in [5.74, 6) is 0. The molecule has 0 fully saturated rings. The van der Waals surface area contributed by atoms with Crippen molar-refractivity contribution in [2.24, 2.45) is 0 Å². The van der Waals surface area contributed by atoms with E-state index in [2.05, 4.69) is 0 Å². The van der Waals surface area contributed by atoms with E-state index in [9.17, 15) is 0 Å². The summed E-state index contributed by atoms with van der Waals surface area (Å²) in [6, 6.07) is 0. The molecule has 0 amide bonds. The summed E-state index contributed by atoms with van der Waals surface area (Å²) in [4.78, 5) is 0. The molecule has 2 nitrogen and oxygen atoms in total. The van der Waals surface area contributed by atoms with E-state index in [0.29, 0.717) is 0 Å². The largest absolute Gasteiger partial charge is 1.00 e. The molecule has 0 spiro atoms. The van der Waals surface area contributed by atoms with Gasteiger partial charge in [0.1, 0.15) is 0 Å². The second kappa shape index (κ2) is 246. The number of nitrogens with zero attached hydrogens (tertiary/aromatic N) is 2. The van der Waals surface area contributed by atoms with Gasteiger partial charge in [-0.05, 0) is 0 Å². The Morgan fingerprint density at radius 2 is 0.833 bits per heavy atom. The monoisotopic (exact) mass is 272 g/mol. The summed E-state index contributed by atoms with van der Waals surface area (Å²) in [6.07, 6.45) is 0. The Morgan fingerprint density at radius 1 is 0.833 bits per heavy atom. The van der Waals surface area contributed by atoms with E-state index in [-0.39, 0.29) is 51.9 Å². The Balaban J connectivity index is -0.00000000500. The first kappa shape index (κ1) is 29.7. The molecule has 0 unspecified atom stereocenters. The zero-order valence-corrected chi connectivity index (χ0v) is 7.36. The van der Waals surface area contributed by atoms with Crippen LogP contribution in [0, 0.1) is 23.7 Å². The molecule has 30 valence electrons. The minimum absolute atomic E-state index is 0. The van der Waals surface area contributed by atoms with E-state index in [4.69, 9.17) is 23.7 Å². The fourth-order valence-corrected chi connectivity index (χ4v) is 0. The van der Waals surface area contributed by atoms with Gasteiger partial charge in [0.25, 0.3) is 0 Å². The fourth-order valence-electron chi connectivity index (χ4n) is 0. The number of hydrogen-bond acceptors (Lipinski definition) is 2. The second-order valence-electron chi connectivity index (χ2n) is 0. The Kier molecular flexibility index (Phi) is 1220. The molecule has 0 bridgehead atoms. The third kappa shape index (κ3) is 126. The van der Waals surface area contributed by atoms with E-state index < -0.39 is 0 Å². The van der Waals surface area contributed by atoms with Crippen molar-refractivity contribution in [1.29, 1.82) is 10.5 Å². The maximum absolute atomic E-state index is 6.25. The molecule has 0 atom stereocenters. The third-order valence-corrected chi connectivity index (χ3v) is 0. The Morgan fingerprint density at radius 3 is 0.833 bits per heavy atom. The van der Waals surface area contributed by atoms with Crippen LogP contribution in [0.1, 0.15) is 0 Å². The van der Waals surface area contributed by atoms with Gasteiger partial charge in [-0.1, -0.05) is 0 Å². The zero-order valence-electron chi connectivity index (χ0n) is 3.20. The van der Waals surface area contributed by atoms with Crippen LogP contribution in [0.2, 0.25) is 0 Å². The zero-order chi connectivity index (χ0) is 4.00. The number of rotatable bonds is 0. The molecular formula is C2AuN2Na. The molecule has 0 aromatic carbocycles. The van der Waals surface area contributed by atoms with Gasteiger partial charge in [-0.15, -0.1) is 0 Å². The van der Waals surface area contributed by atoms with Gasteiger partial charge < -0.3 is 23.7 Å². The van der Waals surface area contributed by atoms with Crippen LogP contribution in [0.15, 0.2) is 0 Å². The molecule has 0 aliphatic rings. The van der Waals surface area contributed by atoms with Crippen molar-refractivity contribution >= 4 is 0 Å². The average Bonchev–Trinajstić information content (AvgIpc) is 1.50. The molecule has 0 saturated carbocycles. The van der Waals surface area contributed by atoms with Gasteiger partial charge in [0.2, 0.25) is 0 Å². The summed E-state index contributed by atoms with van der Waals surface area (Å²) in [7, 11) is 0. The molecule has 0 aromatic heterocycles. The topological polar surface area (TPSA) is 47.6 Å². The molecule has 0 radical (unpaired) electrons. The Labute approximate surface area is 74.9 Å². The first-order valence-corrected chi connectivity index (χ1v) is 0.447. The summed E-state index contributed by atoms with van der Waals surface area (Å²) in [5.41, 5.74) is 0. The first-order chi connectivity index (χ1) is 2.00. The SMILES string of the molecule is [Au+].[C-]#N.[C-]#N.[Na+]. The van der Waals surface area contributed by atoms with E-state index in [1.54, 1.807) is 0 Å². The smallest absolute Gasteiger partial charge is 0.512 e. The van der Waals surface area contributed by atoms with Crippen LogP contribution in [0.5, 0.6) is 0 Å². The van der Waals surface area contributed by atoms with Crippen LogP contribution < -0.4 is 29.6 Å². The predicted octanol–water partition coefficient (Wildman–Crippen LogP) is -2.81. The van der Waals surface area contributed by atoms with Gasteiger partial charge in [-0.25, -0.2) is 0 Å². The molecule has 4 heteroatoms. The fraction of sp³-hybridized carbons (Fsp3) is 0. The van der Waals surface area contributed by atoms with Crippen molar-refractivity contribution in [3.05, 3.63) is 13.1 Å². The summed E-state index contributed by atoms with van der Waals surface area (Å²) >= 11 is 0. The van der Waals surface area contributed by atoms with Gasteiger partial charge in [0.15, 0.2) is 0 Å². The summed E-state index contributed by atoms with van der Waals surface area (Å²) < 4.78 is 0. The van der Waals surface area contributed by atoms with Gasteiger partial charge in [0, 0.05) is 0 Å². The van der Waals surface area contributed by atoms with Crippen molar-refractivity contribution in [3.63, 3.8) is 0 Å². The standard InChI is InChI=1S/2CN.Au.Na/c2*1-2;;/q2*-1;2*+1. The van der Waals surface area contributed by atoms with Crippen molar-refractivity contribution in [1.82, 2.24) is 0 Å². The second-order valence-corrected chi connectivity index (χ2v) is 0. The van der Waals surface area contributed by atoms with E-state index in [1.807, 2.05) is 0 Å². The Hall–Kier alpha value is 0.720. The molecule has 0 aliphatic heterocycles. The van der Waals surface area contributed by atoms with Crippen LogP contribution in [-0.2, 0) is 22.4 Å². The van der Waals surface area contributed by atoms with Crippen molar-refractivity contribution < 1.29 is 51.9 Å². The Bertz CT molecular complexity index is 27.0. The van der Waals surface area contributed by atoms with Gasteiger partial charge in [-0.3, -0.25) is 0 Å². The van der Waals surface area contributed by atoms with Crippen molar-refractivity contribution in [2.45, 2.75) is 0 Å². The molecular weight excluding hydrogens is 272 g/mol. The minimum Gasteiger partial charge on any atom is -0.512 e. The maximum Gasteiger partial charge on any atom is 1.00 e. The average molecular weight is 272 g/mol. The van der Waals surface area contributed by atoms with Gasteiger partial charge in [-0.2, -0.15) is 0 Å². The van der Waals surface area contributed by atoms with Crippen LogP contribution in [0.3, 0.4) is 0 Å².